The second kappa shape index (κ2) is 2.71. The van der Waals surface area contributed by atoms with Crippen molar-refractivity contribution in [2.24, 2.45) is 5.41 Å². The quantitative estimate of drug-likeness (QED) is 0.679. The van der Waals surface area contributed by atoms with Gasteiger partial charge in [-0.2, -0.15) is 5.26 Å². The van der Waals surface area contributed by atoms with Gasteiger partial charge in [0.1, 0.15) is 0 Å². The number of aliphatic hydroxyl groups is 1. The Morgan fingerprint density at radius 1 is 1.29 bits per heavy atom. The van der Waals surface area contributed by atoms with E-state index < -0.39 is 20.9 Å². The van der Waals surface area contributed by atoms with E-state index in [0.717, 1.165) is 6.42 Å². The maximum Gasteiger partial charge on any atom is 0.153 e. The Kier molecular flexibility index (Phi) is 1.92. The van der Waals surface area contributed by atoms with Crippen LogP contribution in [0.4, 0.5) is 0 Å². The molecule has 0 aromatic carbocycles. The van der Waals surface area contributed by atoms with Crippen LogP contribution in [0.5, 0.6) is 0 Å². The van der Waals surface area contributed by atoms with Gasteiger partial charge in [-0.05, 0) is 19.3 Å². The van der Waals surface area contributed by atoms with Gasteiger partial charge in [0.2, 0.25) is 0 Å². The second-order valence-corrected chi connectivity index (χ2v) is 6.61. The number of nitriles is 1. The number of nitrogens with zero attached hydrogens (tertiary/aromatic N) is 1. The summed E-state index contributed by atoms with van der Waals surface area (Å²) in [5.74, 6) is -0.208. The van der Waals surface area contributed by atoms with Gasteiger partial charge in [-0.3, -0.25) is 0 Å². The van der Waals surface area contributed by atoms with E-state index in [9.17, 15) is 13.5 Å². The van der Waals surface area contributed by atoms with Crippen LogP contribution in [0.1, 0.15) is 25.7 Å². The van der Waals surface area contributed by atoms with Gasteiger partial charge < -0.3 is 5.11 Å². The highest BCUT2D eigenvalue weighted by Crippen LogP contribution is 2.52. The molecule has 2 fully saturated rings. The summed E-state index contributed by atoms with van der Waals surface area (Å²) in [5, 5.41) is 19.2. The molecule has 0 radical (unpaired) electrons. The van der Waals surface area contributed by atoms with Gasteiger partial charge in [0.15, 0.2) is 9.84 Å². The highest BCUT2D eigenvalue weighted by atomic mass is 32.2. The van der Waals surface area contributed by atoms with Gasteiger partial charge in [0, 0.05) is 0 Å². The van der Waals surface area contributed by atoms with Crippen LogP contribution in [0.15, 0.2) is 0 Å². The summed E-state index contributed by atoms with van der Waals surface area (Å²) in [6.07, 6.45) is 2.41. The first-order valence-corrected chi connectivity index (χ1v) is 6.59. The van der Waals surface area contributed by atoms with Gasteiger partial charge in [-0.15, -0.1) is 0 Å². The predicted octanol–water partition coefficient (Wildman–Crippen LogP) is 0.230. The van der Waals surface area contributed by atoms with E-state index in [2.05, 4.69) is 6.07 Å². The molecule has 1 unspecified atom stereocenters. The summed E-state index contributed by atoms with van der Waals surface area (Å²) in [6, 6.07) is 2.12. The van der Waals surface area contributed by atoms with Crippen molar-refractivity contribution in [2.75, 3.05) is 11.5 Å². The number of sulfone groups is 1. The molecular formula is C9H13NO3S. The smallest absolute Gasteiger partial charge is 0.153 e. The molecule has 2 aliphatic rings. The summed E-state index contributed by atoms with van der Waals surface area (Å²) in [6.45, 7) is 0. The topological polar surface area (TPSA) is 78.2 Å². The summed E-state index contributed by atoms with van der Waals surface area (Å²) in [4.78, 5) is 0. The minimum absolute atomic E-state index is 0.0208. The molecule has 1 aliphatic carbocycles. The fourth-order valence-corrected chi connectivity index (χ4v) is 4.36. The van der Waals surface area contributed by atoms with Crippen LogP contribution in [-0.2, 0) is 9.84 Å². The molecule has 1 aliphatic heterocycles. The van der Waals surface area contributed by atoms with Crippen molar-refractivity contribution in [1.82, 2.24) is 0 Å². The Hall–Kier alpha value is -0.600. The maximum atomic E-state index is 11.3. The van der Waals surface area contributed by atoms with Crippen LogP contribution in [-0.4, -0.2) is 30.6 Å². The monoisotopic (exact) mass is 215 g/mol. The molecule has 0 aromatic heterocycles. The Bertz CT molecular complexity index is 391. The number of rotatable bonds is 1. The van der Waals surface area contributed by atoms with E-state index in [-0.39, 0.29) is 17.9 Å². The van der Waals surface area contributed by atoms with Gasteiger partial charge >= 0.3 is 0 Å². The third-order valence-electron chi connectivity index (χ3n) is 3.60. The van der Waals surface area contributed by atoms with Gasteiger partial charge in [-0.1, -0.05) is 6.42 Å². The molecule has 2 rings (SSSR count). The van der Waals surface area contributed by atoms with Crippen LogP contribution in [0.25, 0.3) is 0 Å². The van der Waals surface area contributed by atoms with Crippen LogP contribution >= 0.6 is 0 Å². The largest absolute Gasteiger partial charge is 0.387 e. The van der Waals surface area contributed by atoms with Crippen LogP contribution in [0.3, 0.4) is 0 Å². The lowest BCUT2D eigenvalue weighted by Gasteiger charge is -2.45. The average molecular weight is 215 g/mol. The Labute approximate surface area is 83.5 Å². The Morgan fingerprint density at radius 2 is 1.93 bits per heavy atom. The first-order chi connectivity index (χ1) is 6.43. The number of hydrogen-bond acceptors (Lipinski definition) is 4. The van der Waals surface area contributed by atoms with E-state index in [1.807, 2.05) is 0 Å². The zero-order chi connectivity index (χ0) is 10.4. The van der Waals surface area contributed by atoms with Crippen LogP contribution in [0, 0.1) is 16.7 Å². The molecule has 1 saturated carbocycles. The minimum atomic E-state index is -3.12. The third-order valence-corrected chi connectivity index (χ3v) is 5.34. The highest BCUT2D eigenvalue weighted by Gasteiger charge is 2.59. The van der Waals surface area contributed by atoms with Gasteiger partial charge in [-0.25, -0.2) is 8.42 Å². The van der Waals surface area contributed by atoms with E-state index in [1.165, 1.54) is 0 Å². The Balaban J connectivity index is 2.31. The van der Waals surface area contributed by atoms with Crippen molar-refractivity contribution >= 4 is 9.84 Å². The molecule has 0 bridgehead atoms. The highest BCUT2D eigenvalue weighted by molar-refractivity contribution is 7.91. The minimum Gasteiger partial charge on any atom is -0.387 e. The van der Waals surface area contributed by atoms with Crippen LogP contribution in [0.2, 0.25) is 0 Å². The molecule has 1 saturated heterocycles. The zero-order valence-corrected chi connectivity index (χ0v) is 8.68. The SMILES string of the molecule is N#CC1(C2(O)CCS(=O)(=O)C2)CCC1. The molecule has 14 heavy (non-hydrogen) atoms. The summed E-state index contributed by atoms with van der Waals surface area (Å²) >= 11 is 0. The fraction of sp³-hybridized carbons (Fsp3) is 0.889. The van der Waals surface area contributed by atoms with E-state index in [0.29, 0.717) is 12.8 Å². The van der Waals surface area contributed by atoms with Crippen LogP contribution < -0.4 is 0 Å². The second-order valence-electron chi connectivity index (χ2n) is 4.42. The Morgan fingerprint density at radius 3 is 2.21 bits per heavy atom. The summed E-state index contributed by atoms with van der Waals surface area (Å²) < 4.78 is 22.6. The molecule has 1 heterocycles. The lowest BCUT2D eigenvalue weighted by Crippen LogP contribution is -2.52. The molecular weight excluding hydrogens is 202 g/mol. The van der Waals surface area contributed by atoms with Gasteiger partial charge in [0.05, 0.1) is 28.6 Å². The van der Waals surface area contributed by atoms with E-state index >= 15 is 0 Å². The molecule has 1 N–H and O–H groups in total. The summed E-state index contributed by atoms with van der Waals surface area (Å²) in [5.41, 5.74) is -2.06. The average Bonchev–Trinajstić information content (AvgIpc) is 2.25. The molecule has 78 valence electrons. The fourth-order valence-electron chi connectivity index (χ4n) is 2.42. The molecule has 1 atom stereocenters. The molecule has 0 spiro atoms. The lowest BCUT2D eigenvalue weighted by atomic mass is 9.59. The maximum absolute atomic E-state index is 11.3. The third kappa shape index (κ3) is 1.17. The van der Waals surface area contributed by atoms with E-state index in [4.69, 9.17) is 5.26 Å². The van der Waals surface area contributed by atoms with Crippen molar-refractivity contribution in [1.29, 1.82) is 5.26 Å². The van der Waals surface area contributed by atoms with Gasteiger partial charge in [0.25, 0.3) is 0 Å². The zero-order valence-electron chi connectivity index (χ0n) is 7.86. The molecule has 5 heteroatoms. The number of hydrogen-bond donors (Lipinski definition) is 1. The molecule has 4 nitrogen and oxygen atoms in total. The first kappa shape index (κ1) is 9.94. The first-order valence-electron chi connectivity index (χ1n) is 4.77. The normalized spacial score (nSPS) is 38.6. The summed E-state index contributed by atoms with van der Waals surface area (Å²) in [7, 11) is -3.12. The van der Waals surface area contributed by atoms with E-state index in [1.54, 1.807) is 0 Å². The van der Waals surface area contributed by atoms with Crippen molar-refractivity contribution in [2.45, 2.75) is 31.3 Å². The lowest BCUT2D eigenvalue weighted by molar-refractivity contribution is -0.0734. The predicted molar refractivity (Wildman–Crippen MR) is 50.1 cm³/mol. The van der Waals surface area contributed by atoms with Crippen molar-refractivity contribution in [3.63, 3.8) is 0 Å². The standard InChI is InChI=1S/C9H13NO3S/c10-6-8(2-1-3-8)9(11)4-5-14(12,13)7-9/h11H,1-5,7H2. The molecule has 0 amide bonds. The molecule has 0 aromatic rings. The van der Waals surface area contributed by atoms with Crippen molar-refractivity contribution < 1.29 is 13.5 Å². The van der Waals surface area contributed by atoms with Crippen molar-refractivity contribution in [3.05, 3.63) is 0 Å². The van der Waals surface area contributed by atoms with Crippen molar-refractivity contribution in [3.8, 4) is 6.07 Å².